The summed E-state index contributed by atoms with van der Waals surface area (Å²) in [7, 11) is 1.20. The van der Waals surface area contributed by atoms with Crippen molar-refractivity contribution < 1.29 is 40.2 Å². The second kappa shape index (κ2) is 7.07. The molecule has 0 fully saturated rings. The van der Waals surface area contributed by atoms with E-state index in [9.17, 15) is 24.9 Å². The van der Waals surface area contributed by atoms with Gasteiger partial charge in [-0.15, -0.1) is 0 Å². The molecule has 0 aliphatic rings. The summed E-state index contributed by atoms with van der Waals surface area (Å²) in [5, 5.41) is 55.5. The van der Waals surface area contributed by atoms with Crippen LogP contribution in [0.4, 0.5) is 0 Å². The maximum absolute atomic E-state index is 11.7. The standard InChI is InChI=1S/C13H17NO8/c1-14(12(20)10(18)11(19)13(21)22)5-9(17)6-2-3-7(15)8(16)4-6/h2-4,9-11,15-19H,5H2,1H3,(H,21,22)/t9-,10?,11?/m0/s1. The Morgan fingerprint density at radius 1 is 1.09 bits per heavy atom. The average Bonchev–Trinajstić information content (AvgIpc) is 2.47. The molecule has 0 radical (unpaired) electrons. The SMILES string of the molecule is CN(C[C@H](O)c1ccc(O)c(O)c1)C(=O)C(O)C(O)C(=O)O. The lowest BCUT2D eigenvalue weighted by atomic mass is 10.1. The van der Waals surface area contributed by atoms with Crippen LogP contribution in [0.3, 0.4) is 0 Å². The topological polar surface area (TPSA) is 159 Å². The zero-order valence-corrected chi connectivity index (χ0v) is 11.6. The number of aromatic hydroxyl groups is 2. The highest BCUT2D eigenvalue weighted by atomic mass is 16.4. The van der Waals surface area contributed by atoms with Gasteiger partial charge in [-0.05, 0) is 17.7 Å². The van der Waals surface area contributed by atoms with E-state index in [1.807, 2.05) is 0 Å². The lowest BCUT2D eigenvalue weighted by Gasteiger charge is -2.24. The van der Waals surface area contributed by atoms with E-state index in [0.29, 0.717) is 0 Å². The van der Waals surface area contributed by atoms with Gasteiger partial charge in [0.15, 0.2) is 23.7 Å². The molecule has 0 saturated heterocycles. The van der Waals surface area contributed by atoms with Crippen molar-refractivity contribution in [3.8, 4) is 11.5 Å². The van der Waals surface area contributed by atoms with E-state index in [0.717, 1.165) is 17.0 Å². The normalized spacial score (nSPS) is 14.9. The number of rotatable bonds is 6. The van der Waals surface area contributed by atoms with Crippen LogP contribution in [0.2, 0.25) is 0 Å². The second-order valence-corrected chi connectivity index (χ2v) is 4.71. The molecule has 1 aromatic carbocycles. The van der Waals surface area contributed by atoms with Crippen LogP contribution < -0.4 is 0 Å². The number of likely N-dealkylation sites (N-methyl/N-ethyl adjacent to an activating group) is 1. The van der Waals surface area contributed by atoms with Crippen LogP contribution in [0.15, 0.2) is 18.2 Å². The van der Waals surface area contributed by atoms with Gasteiger partial charge in [-0.2, -0.15) is 0 Å². The van der Waals surface area contributed by atoms with E-state index in [1.54, 1.807) is 0 Å². The monoisotopic (exact) mass is 315 g/mol. The number of carbonyl (C=O) groups excluding carboxylic acids is 1. The highest BCUT2D eigenvalue weighted by Gasteiger charge is 2.32. The molecule has 3 atom stereocenters. The third-order valence-corrected chi connectivity index (χ3v) is 3.01. The lowest BCUT2D eigenvalue weighted by Crippen LogP contribution is -2.47. The molecule has 0 spiro atoms. The Morgan fingerprint density at radius 3 is 2.18 bits per heavy atom. The maximum atomic E-state index is 11.7. The molecule has 9 nitrogen and oxygen atoms in total. The van der Waals surface area contributed by atoms with E-state index >= 15 is 0 Å². The molecular weight excluding hydrogens is 298 g/mol. The van der Waals surface area contributed by atoms with Crippen LogP contribution in [0.25, 0.3) is 0 Å². The van der Waals surface area contributed by atoms with Crippen molar-refractivity contribution in [2.24, 2.45) is 0 Å². The first-order valence-corrected chi connectivity index (χ1v) is 6.19. The highest BCUT2D eigenvalue weighted by molar-refractivity contribution is 5.87. The van der Waals surface area contributed by atoms with Gasteiger partial charge >= 0.3 is 5.97 Å². The summed E-state index contributed by atoms with van der Waals surface area (Å²) in [6.45, 7) is -0.327. The molecule has 9 heteroatoms. The molecule has 0 aliphatic heterocycles. The number of hydrogen-bond acceptors (Lipinski definition) is 7. The maximum Gasteiger partial charge on any atom is 0.335 e. The van der Waals surface area contributed by atoms with Gasteiger partial charge in [0.1, 0.15) is 0 Å². The molecule has 2 unspecified atom stereocenters. The summed E-state index contributed by atoms with van der Waals surface area (Å²) in [6.07, 6.45) is -5.69. The molecule has 0 aromatic heterocycles. The Bertz CT molecular complexity index is 561. The third kappa shape index (κ3) is 4.07. The number of hydrogen-bond donors (Lipinski definition) is 6. The predicted molar refractivity (Wildman–Crippen MR) is 72.0 cm³/mol. The Kier molecular flexibility index (Phi) is 5.69. The van der Waals surface area contributed by atoms with Gasteiger partial charge in [-0.1, -0.05) is 6.07 Å². The molecule has 0 aliphatic carbocycles. The van der Waals surface area contributed by atoms with Crippen molar-refractivity contribution >= 4 is 11.9 Å². The zero-order valence-electron chi connectivity index (χ0n) is 11.6. The van der Waals surface area contributed by atoms with Gasteiger partial charge in [-0.3, -0.25) is 4.79 Å². The number of nitrogens with zero attached hydrogens (tertiary/aromatic N) is 1. The van der Waals surface area contributed by atoms with Gasteiger partial charge in [-0.25, -0.2) is 4.79 Å². The van der Waals surface area contributed by atoms with Gasteiger partial charge < -0.3 is 35.5 Å². The summed E-state index contributed by atoms with van der Waals surface area (Å²) in [4.78, 5) is 23.1. The van der Waals surface area contributed by atoms with Crippen molar-refractivity contribution in [2.75, 3.05) is 13.6 Å². The Morgan fingerprint density at radius 2 is 1.68 bits per heavy atom. The quantitative estimate of drug-likeness (QED) is 0.342. The summed E-state index contributed by atoms with van der Waals surface area (Å²) in [6, 6.07) is 3.57. The molecule has 0 saturated carbocycles. The largest absolute Gasteiger partial charge is 0.504 e. The molecule has 0 bridgehead atoms. The molecule has 6 N–H and O–H groups in total. The van der Waals surface area contributed by atoms with Crippen LogP contribution in [0, 0.1) is 0 Å². The highest BCUT2D eigenvalue weighted by Crippen LogP contribution is 2.28. The number of phenolic OH excluding ortho intramolecular Hbond substituents is 2. The van der Waals surface area contributed by atoms with Crippen LogP contribution in [0.1, 0.15) is 11.7 Å². The molecular formula is C13H17NO8. The number of carboxylic acids is 1. The van der Waals surface area contributed by atoms with Crippen molar-refractivity contribution in [1.29, 1.82) is 0 Å². The van der Waals surface area contributed by atoms with E-state index in [-0.39, 0.29) is 17.9 Å². The third-order valence-electron chi connectivity index (χ3n) is 3.01. The summed E-state index contributed by atoms with van der Waals surface area (Å²) < 4.78 is 0. The average molecular weight is 315 g/mol. The first-order chi connectivity index (χ1) is 10.1. The number of aliphatic hydroxyl groups is 3. The first-order valence-electron chi connectivity index (χ1n) is 6.19. The van der Waals surface area contributed by atoms with Crippen LogP contribution >= 0.6 is 0 Å². The Balaban J connectivity index is 2.74. The second-order valence-electron chi connectivity index (χ2n) is 4.71. The zero-order chi connectivity index (χ0) is 17.0. The number of benzene rings is 1. The summed E-state index contributed by atoms with van der Waals surface area (Å²) >= 11 is 0. The van der Waals surface area contributed by atoms with E-state index in [2.05, 4.69) is 0 Å². The van der Waals surface area contributed by atoms with Crippen molar-refractivity contribution in [3.63, 3.8) is 0 Å². The predicted octanol–water partition coefficient (Wildman–Crippen LogP) is -1.60. The number of carbonyl (C=O) groups is 2. The molecule has 122 valence electrons. The minimum Gasteiger partial charge on any atom is -0.504 e. The van der Waals surface area contributed by atoms with E-state index < -0.39 is 35.9 Å². The van der Waals surface area contributed by atoms with E-state index in [1.165, 1.54) is 13.1 Å². The summed E-state index contributed by atoms with van der Waals surface area (Å²) in [5.41, 5.74) is 0.197. The lowest BCUT2D eigenvalue weighted by molar-refractivity contribution is -0.162. The number of carboxylic acid groups (broad SMARTS) is 1. The molecule has 1 amide bonds. The number of phenols is 2. The van der Waals surface area contributed by atoms with Crippen LogP contribution in [-0.2, 0) is 9.59 Å². The Labute approximate surface area is 125 Å². The van der Waals surface area contributed by atoms with Gasteiger partial charge in [0.2, 0.25) is 0 Å². The van der Waals surface area contributed by atoms with Crippen LogP contribution in [-0.4, -0.2) is 73.2 Å². The van der Waals surface area contributed by atoms with Crippen molar-refractivity contribution in [3.05, 3.63) is 23.8 Å². The minimum atomic E-state index is -2.27. The molecule has 1 rings (SSSR count). The van der Waals surface area contributed by atoms with Crippen LogP contribution in [0.5, 0.6) is 11.5 Å². The van der Waals surface area contributed by atoms with Crippen molar-refractivity contribution in [1.82, 2.24) is 4.90 Å². The van der Waals surface area contributed by atoms with E-state index in [4.69, 9.17) is 15.3 Å². The molecule has 0 heterocycles. The first kappa shape index (κ1) is 17.7. The fraction of sp³-hybridized carbons (Fsp3) is 0.385. The summed E-state index contributed by atoms with van der Waals surface area (Å²) in [5.74, 6) is -3.66. The van der Waals surface area contributed by atoms with Gasteiger partial charge in [0.05, 0.1) is 12.6 Å². The minimum absolute atomic E-state index is 0.197. The molecule has 22 heavy (non-hydrogen) atoms. The number of aliphatic hydroxyl groups excluding tert-OH is 3. The smallest absolute Gasteiger partial charge is 0.335 e. The van der Waals surface area contributed by atoms with Crippen molar-refractivity contribution in [2.45, 2.75) is 18.3 Å². The fourth-order valence-corrected chi connectivity index (χ4v) is 1.70. The number of amides is 1. The van der Waals surface area contributed by atoms with Gasteiger partial charge in [0.25, 0.3) is 5.91 Å². The molecule has 1 aromatic rings. The fourth-order valence-electron chi connectivity index (χ4n) is 1.70. The number of aliphatic carboxylic acids is 1. The Hall–Kier alpha value is -2.36. The van der Waals surface area contributed by atoms with Gasteiger partial charge in [0, 0.05) is 7.05 Å².